The van der Waals surface area contributed by atoms with Gasteiger partial charge in [-0.2, -0.15) is 0 Å². The van der Waals surface area contributed by atoms with Crippen LogP contribution in [0.25, 0.3) is 17.1 Å². The van der Waals surface area contributed by atoms with E-state index in [4.69, 9.17) is 11.6 Å². The van der Waals surface area contributed by atoms with Gasteiger partial charge in [0.2, 0.25) is 5.82 Å². The van der Waals surface area contributed by atoms with Crippen LogP contribution in [0.1, 0.15) is 54.4 Å². The van der Waals surface area contributed by atoms with E-state index >= 15 is 0 Å². The number of phenolic OH excluding ortho intramolecular Hbond substituents is 2. The maximum Gasteiger partial charge on any atom is 0.289 e. The number of amides is 1. The SMILES string of the molecule is CC(C)c1cc(-c2nnc(C(=O)NC3CC3)n2-c2ccc(CN3CCN(C)CC3)c(Cl)c2)c(O)cc1O. The molecule has 1 aromatic heterocycles. The van der Waals surface area contributed by atoms with Gasteiger partial charge >= 0.3 is 0 Å². The van der Waals surface area contributed by atoms with Crippen molar-refractivity contribution in [1.29, 1.82) is 0 Å². The van der Waals surface area contributed by atoms with Gasteiger partial charge in [0.25, 0.3) is 5.91 Å². The molecule has 3 N–H and O–H groups in total. The highest BCUT2D eigenvalue weighted by molar-refractivity contribution is 6.31. The van der Waals surface area contributed by atoms with Crippen molar-refractivity contribution in [2.75, 3.05) is 33.2 Å². The van der Waals surface area contributed by atoms with Crippen LogP contribution in [-0.4, -0.2) is 80.0 Å². The highest BCUT2D eigenvalue weighted by atomic mass is 35.5. The van der Waals surface area contributed by atoms with Gasteiger partial charge in [-0.1, -0.05) is 31.5 Å². The molecule has 1 saturated carbocycles. The second kappa shape index (κ2) is 10.3. The molecule has 37 heavy (non-hydrogen) atoms. The molecular weight excluding hydrogens is 492 g/mol. The van der Waals surface area contributed by atoms with Crippen LogP contribution < -0.4 is 5.32 Å². The molecule has 1 aliphatic carbocycles. The van der Waals surface area contributed by atoms with Gasteiger partial charge in [-0.05, 0) is 55.1 Å². The van der Waals surface area contributed by atoms with Crippen LogP contribution in [-0.2, 0) is 6.54 Å². The lowest BCUT2D eigenvalue weighted by atomic mass is 9.98. The van der Waals surface area contributed by atoms with E-state index in [9.17, 15) is 15.0 Å². The summed E-state index contributed by atoms with van der Waals surface area (Å²) >= 11 is 6.76. The second-order valence-corrected chi connectivity index (χ2v) is 10.8. The lowest BCUT2D eigenvalue weighted by Gasteiger charge is -2.32. The van der Waals surface area contributed by atoms with Gasteiger partial charge in [-0.15, -0.1) is 10.2 Å². The van der Waals surface area contributed by atoms with Crippen molar-refractivity contribution < 1.29 is 15.0 Å². The normalized spacial score (nSPS) is 16.9. The zero-order valence-corrected chi connectivity index (χ0v) is 22.2. The van der Waals surface area contributed by atoms with E-state index in [-0.39, 0.29) is 35.2 Å². The van der Waals surface area contributed by atoms with Crippen LogP contribution in [0.2, 0.25) is 5.02 Å². The molecule has 1 amide bonds. The Hall–Kier alpha value is -3.14. The summed E-state index contributed by atoms with van der Waals surface area (Å²) in [6.07, 6.45) is 1.88. The molecule has 1 saturated heterocycles. The summed E-state index contributed by atoms with van der Waals surface area (Å²) < 4.78 is 1.62. The Morgan fingerprint density at radius 1 is 1.08 bits per heavy atom. The zero-order chi connectivity index (χ0) is 26.3. The van der Waals surface area contributed by atoms with E-state index in [1.807, 2.05) is 32.0 Å². The summed E-state index contributed by atoms with van der Waals surface area (Å²) in [4.78, 5) is 17.8. The molecule has 9 nitrogen and oxygen atoms in total. The predicted octanol–water partition coefficient (Wildman–Crippen LogP) is 3.76. The van der Waals surface area contributed by atoms with Crippen LogP contribution >= 0.6 is 11.6 Å². The van der Waals surface area contributed by atoms with Crippen molar-refractivity contribution in [2.24, 2.45) is 0 Å². The first-order valence-electron chi connectivity index (χ1n) is 12.7. The Labute approximate surface area is 221 Å². The van der Waals surface area contributed by atoms with Crippen molar-refractivity contribution >= 4 is 17.5 Å². The molecular formula is C27H33ClN6O3. The molecule has 2 fully saturated rings. The number of carbonyl (C=O) groups is 1. The Bertz CT molecular complexity index is 1310. The third kappa shape index (κ3) is 5.44. The Morgan fingerprint density at radius 3 is 2.46 bits per heavy atom. The molecule has 196 valence electrons. The van der Waals surface area contributed by atoms with Crippen molar-refractivity contribution in [3.63, 3.8) is 0 Å². The van der Waals surface area contributed by atoms with Crippen molar-refractivity contribution in [1.82, 2.24) is 29.9 Å². The second-order valence-electron chi connectivity index (χ2n) is 10.4. The number of likely N-dealkylation sites (N-methyl/N-ethyl adjacent to an activating group) is 1. The Kier molecular flexibility index (Phi) is 7.11. The summed E-state index contributed by atoms with van der Waals surface area (Å²) in [5.41, 5.74) is 2.65. The van der Waals surface area contributed by atoms with E-state index in [1.165, 1.54) is 6.07 Å². The van der Waals surface area contributed by atoms with Crippen molar-refractivity contribution in [3.05, 3.63) is 52.3 Å². The van der Waals surface area contributed by atoms with Gasteiger partial charge in [-0.25, -0.2) is 0 Å². The minimum absolute atomic E-state index is 0.00493. The molecule has 0 radical (unpaired) electrons. The number of nitrogens with one attached hydrogen (secondary N) is 1. The number of phenols is 2. The maximum absolute atomic E-state index is 13.1. The smallest absolute Gasteiger partial charge is 0.289 e. The topological polar surface area (TPSA) is 107 Å². The summed E-state index contributed by atoms with van der Waals surface area (Å²) in [5, 5.41) is 33.2. The number of piperazine rings is 1. The minimum atomic E-state index is -0.332. The van der Waals surface area contributed by atoms with E-state index in [1.54, 1.807) is 10.6 Å². The van der Waals surface area contributed by atoms with Gasteiger partial charge in [0.15, 0.2) is 5.82 Å². The molecule has 10 heteroatoms. The third-order valence-corrected chi connectivity index (χ3v) is 7.42. The van der Waals surface area contributed by atoms with Gasteiger partial charge in [0, 0.05) is 49.9 Å². The van der Waals surface area contributed by atoms with Gasteiger partial charge in [0.05, 0.1) is 11.3 Å². The number of nitrogens with zero attached hydrogens (tertiary/aromatic N) is 5. The van der Waals surface area contributed by atoms with E-state index in [0.29, 0.717) is 27.7 Å². The molecule has 2 heterocycles. The number of aromatic hydroxyl groups is 2. The first-order valence-corrected chi connectivity index (χ1v) is 13.1. The van der Waals surface area contributed by atoms with Crippen LogP contribution in [0.3, 0.4) is 0 Å². The number of hydrogen-bond acceptors (Lipinski definition) is 7. The highest BCUT2D eigenvalue weighted by Crippen LogP contribution is 2.38. The molecule has 0 spiro atoms. The number of benzene rings is 2. The molecule has 2 aliphatic rings. The lowest BCUT2D eigenvalue weighted by Crippen LogP contribution is -2.43. The summed E-state index contributed by atoms with van der Waals surface area (Å²) in [6, 6.07) is 8.83. The Morgan fingerprint density at radius 2 is 1.81 bits per heavy atom. The maximum atomic E-state index is 13.1. The molecule has 0 unspecified atom stereocenters. The third-order valence-electron chi connectivity index (χ3n) is 7.07. The fourth-order valence-electron chi connectivity index (χ4n) is 4.61. The first-order chi connectivity index (χ1) is 17.7. The monoisotopic (exact) mass is 524 g/mol. The fraction of sp³-hybridized carbons (Fsp3) is 0.444. The largest absolute Gasteiger partial charge is 0.508 e. The van der Waals surface area contributed by atoms with Gasteiger partial charge in [-0.3, -0.25) is 14.3 Å². The van der Waals surface area contributed by atoms with E-state index < -0.39 is 0 Å². The molecule has 1 aliphatic heterocycles. The number of rotatable bonds is 7. The molecule has 0 atom stereocenters. The average Bonchev–Trinajstić information content (AvgIpc) is 3.56. The molecule has 0 bridgehead atoms. The number of carbonyl (C=O) groups excluding carboxylic acids is 1. The lowest BCUT2D eigenvalue weighted by molar-refractivity contribution is 0.0938. The molecule has 3 aromatic rings. The number of aromatic nitrogens is 3. The summed E-state index contributed by atoms with van der Waals surface area (Å²) in [6.45, 7) is 8.65. The summed E-state index contributed by atoms with van der Waals surface area (Å²) in [7, 11) is 2.13. The van der Waals surface area contributed by atoms with Crippen LogP contribution in [0.15, 0.2) is 30.3 Å². The summed E-state index contributed by atoms with van der Waals surface area (Å²) in [5.74, 6) is -0.0581. The van der Waals surface area contributed by atoms with E-state index in [0.717, 1.165) is 51.1 Å². The van der Waals surface area contributed by atoms with E-state index in [2.05, 4.69) is 32.4 Å². The average molecular weight is 525 g/mol. The van der Waals surface area contributed by atoms with Crippen LogP contribution in [0, 0.1) is 0 Å². The number of hydrogen-bond donors (Lipinski definition) is 3. The van der Waals surface area contributed by atoms with Crippen LogP contribution in [0.5, 0.6) is 11.5 Å². The quantitative estimate of drug-likeness (QED) is 0.432. The molecule has 5 rings (SSSR count). The predicted molar refractivity (Wildman–Crippen MR) is 142 cm³/mol. The van der Waals surface area contributed by atoms with Crippen molar-refractivity contribution in [3.8, 4) is 28.6 Å². The minimum Gasteiger partial charge on any atom is -0.508 e. The van der Waals surface area contributed by atoms with Crippen LogP contribution in [0.4, 0.5) is 0 Å². The number of halogens is 1. The van der Waals surface area contributed by atoms with Gasteiger partial charge in [0.1, 0.15) is 11.5 Å². The van der Waals surface area contributed by atoms with Gasteiger partial charge < -0.3 is 20.4 Å². The Balaban J connectivity index is 1.55. The van der Waals surface area contributed by atoms with Crippen molar-refractivity contribution in [2.45, 2.75) is 45.2 Å². The standard InChI is InChI=1S/C27H33ClN6O3/c1-16(2)20-13-21(24(36)14-23(20)35)25-30-31-26(27(37)29-18-5-6-18)34(25)19-7-4-17(22(28)12-19)15-33-10-8-32(3)9-11-33/h4,7,12-14,16,18,35-36H,5-6,8-11,15H2,1-3H3,(H,29,37). The highest BCUT2D eigenvalue weighted by Gasteiger charge is 2.29. The first kappa shape index (κ1) is 25.5. The molecule has 2 aromatic carbocycles. The fourth-order valence-corrected chi connectivity index (χ4v) is 4.85. The zero-order valence-electron chi connectivity index (χ0n) is 21.4.